The number of carbonyl (C=O) groups excluding carboxylic acids is 1. The molecule has 0 atom stereocenters. The van der Waals surface area contributed by atoms with Gasteiger partial charge in [-0.05, 0) is 37.3 Å². The van der Waals surface area contributed by atoms with Crippen LogP contribution in [0, 0.1) is 18.6 Å². The largest absolute Gasteiger partial charge is 0.435 e. The first-order chi connectivity index (χ1) is 17.4. The van der Waals surface area contributed by atoms with Gasteiger partial charge in [-0.25, -0.2) is 18.7 Å². The summed E-state index contributed by atoms with van der Waals surface area (Å²) >= 11 is 0. The summed E-state index contributed by atoms with van der Waals surface area (Å²) in [6.45, 7) is 4.68. The van der Waals surface area contributed by atoms with E-state index in [1.54, 1.807) is 6.92 Å². The topological polar surface area (TPSA) is 104 Å². The number of aromatic nitrogens is 3. The number of anilines is 3. The number of benzene rings is 2. The number of H-pyrrole nitrogens is 1. The highest BCUT2D eigenvalue weighted by Crippen LogP contribution is 2.35. The molecule has 0 aliphatic carbocycles. The molecule has 1 amide bonds. The third-order valence-corrected chi connectivity index (χ3v) is 5.88. The number of nitrogens with zero attached hydrogens (tertiary/aromatic N) is 3. The molecule has 3 heterocycles. The molecule has 36 heavy (non-hydrogen) atoms. The van der Waals surface area contributed by atoms with E-state index in [4.69, 9.17) is 9.47 Å². The molecule has 186 valence electrons. The van der Waals surface area contributed by atoms with E-state index >= 15 is 4.39 Å². The molecule has 11 heteroatoms. The molecule has 2 aromatic carbocycles. The smallest absolute Gasteiger partial charge is 0.260 e. The Morgan fingerprint density at radius 2 is 1.89 bits per heavy atom. The molecule has 0 radical (unpaired) electrons. The summed E-state index contributed by atoms with van der Waals surface area (Å²) in [4.78, 5) is 26.0. The number of morpholine rings is 1. The molecule has 1 fully saturated rings. The molecular formula is C25H24F2N6O3. The van der Waals surface area contributed by atoms with Gasteiger partial charge in [0.1, 0.15) is 11.9 Å². The summed E-state index contributed by atoms with van der Waals surface area (Å²) in [5.74, 6) is -2.49. The van der Waals surface area contributed by atoms with E-state index in [0.29, 0.717) is 24.6 Å². The molecule has 1 aliphatic heterocycles. The van der Waals surface area contributed by atoms with Crippen molar-refractivity contribution in [2.24, 2.45) is 0 Å². The van der Waals surface area contributed by atoms with Gasteiger partial charge < -0.3 is 30.0 Å². The molecule has 0 spiro atoms. The highest BCUT2D eigenvalue weighted by molar-refractivity contribution is 6.01. The van der Waals surface area contributed by atoms with Crippen LogP contribution >= 0.6 is 0 Å². The lowest BCUT2D eigenvalue weighted by Gasteiger charge is -2.29. The Bertz CT molecular complexity index is 1420. The second-order valence-electron chi connectivity index (χ2n) is 8.27. The molecule has 9 nitrogen and oxygen atoms in total. The minimum Gasteiger partial charge on any atom is -0.435 e. The number of ether oxygens (including phenoxy) is 2. The lowest BCUT2D eigenvalue weighted by Crippen LogP contribution is -2.36. The van der Waals surface area contributed by atoms with Crippen molar-refractivity contribution in [3.63, 3.8) is 0 Å². The van der Waals surface area contributed by atoms with Crippen LogP contribution in [0.2, 0.25) is 0 Å². The average Bonchev–Trinajstić information content (AvgIpc) is 3.30. The van der Waals surface area contributed by atoms with E-state index in [2.05, 4.69) is 30.5 Å². The second kappa shape index (κ2) is 9.78. The van der Waals surface area contributed by atoms with Crippen molar-refractivity contribution in [2.45, 2.75) is 6.92 Å². The highest BCUT2D eigenvalue weighted by atomic mass is 19.1. The van der Waals surface area contributed by atoms with E-state index in [1.165, 1.54) is 19.4 Å². The summed E-state index contributed by atoms with van der Waals surface area (Å²) in [5.41, 5.74) is 2.30. The van der Waals surface area contributed by atoms with E-state index < -0.39 is 23.3 Å². The first-order valence-corrected chi connectivity index (χ1v) is 11.4. The van der Waals surface area contributed by atoms with Gasteiger partial charge in [0.05, 0.1) is 18.7 Å². The van der Waals surface area contributed by atoms with Gasteiger partial charge in [0.25, 0.3) is 5.91 Å². The van der Waals surface area contributed by atoms with Crippen LogP contribution in [0.1, 0.15) is 16.1 Å². The number of aromatic amines is 1. The third kappa shape index (κ3) is 4.52. The predicted octanol–water partition coefficient (Wildman–Crippen LogP) is 4.28. The quantitative estimate of drug-likeness (QED) is 0.368. The molecule has 4 aromatic rings. The van der Waals surface area contributed by atoms with Crippen LogP contribution in [0.25, 0.3) is 10.9 Å². The van der Waals surface area contributed by atoms with Crippen molar-refractivity contribution in [3.05, 3.63) is 65.6 Å². The summed E-state index contributed by atoms with van der Waals surface area (Å²) in [6, 6.07) is 10.0. The van der Waals surface area contributed by atoms with E-state index in [1.807, 2.05) is 24.3 Å². The zero-order valence-corrected chi connectivity index (χ0v) is 19.7. The minimum absolute atomic E-state index is 0.0365. The Labute approximate surface area is 205 Å². The first kappa shape index (κ1) is 23.5. The number of hydrogen-bond donors (Lipinski definition) is 3. The fourth-order valence-corrected chi connectivity index (χ4v) is 4.10. The molecule has 0 bridgehead atoms. The molecule has 2 aromatic heterocycles. The van der Waals surface area contributed by atoms with Crippen LogP contribution in [-0.2, 0) is 4.74 Å². The summed E-state index contributed by atoms with van der Waals surface area (Å²) in [5, 5.41) is 5.65. The lowest BCUT2D eigenvalue weighted by molar-refractivity contribution is 0.0960. The Morgan fingerprint density at radius 3 is 2.61 bits per heavy atom. The van der Waals surface area contributed by atoms with Crippen molar-refractivity contribution >= 4 is 34.0 Å². The van der Waals surface area contributed by atoms with Gasteiger partial charge >= 0.3 is 0 Å². The van der Waals surface area contributed by atoms with E-state index in [9.17, 15) is 9.18 Å². The van der Waals surface area contributed by atoms with Gasteiger partial charge in [-0.3, -0.25) is 4.79 Å². The van der Waals surface area contributed by atoms with Crippen LogP contribution in [-0.4, -0.2) is 54.2 Å². The SMILES string of the molecule is CNC(=O)c1c(Nc2ccc(N3CCOCC3)cc2)ncnc1Oc1cc(F)c2[nH]c(C)cc2c1F. The molecule has 1 saturated heterocycles. The molecular weight excluding hydrogens is 470 g/mol. The maximum absolute atomic E-state index is 15.1. The Morgan fingerprint density at radius 1 is 1.14 bits per heavy atom. The zero-order chi connectivity index (χ0) is 25.2. The van der Waals surface area contributed by atoms with Crippen molar-refractivity contribution < 1.29 is 23.0 Å². The number of rotatable bonds is 6. The number of nitrogens with one attached hydrogen (secondary N) is 3. The fourth-order valence-electron chi connectivity index (χ4n) is 4.10. The van der Waals surface area contributed by atoms with Crippen LogP contribution in [0.5, 0.6) is 11.6 Å². The monoisotopic (exact) mass is 494 g/mol. The van der Waals surface area contributed by atoms with Crippen molar-refractivity contribution in [1.29, 1.82) is 0 Å². The Hall–Kier alpha value is -4.25. The number of fused-ring (bicyclic) bond motifs is 1. The van der Waals surface area contributed by atoms with E-state index in [0.717, 1.165) is 24.8 Å². The summed E-state index contributed by atoms with van der Waals surface area (Å²) in [6.07, 6.45) is 1.18. The van der Waals surface area contributed by atoms with E-state index in [-0.39, 0.29) is 28.2 Å². The predicted molar refractivity (Wildman–Crippen MR) is 131 cm³/mol. The molecule has 0 unspecified atom stereocenters. The van der Waals surface area contributed by atoms with Crippen molar-refractivity contribution in [3.8, 4) is 11.6 Å². The van der Waals surface area contributed by atoms with Gasteiger partial charge in [-0.2, -0.15) is 0 Å². The Kier molecular flexibility index (Phi) is 6.38. The number of aryl methyl sites for hydroxylation is 1. The first-order valence-electron chi connectivity index (χ1n) is 11.4. The lowest BCUT2D eigenvalue weighted by atomic mass is 10.2. The third-order valence-electron chi connectivity index (χ3n) is 5.88. The normalized spacial score (nSPS) is 13.6. The molecule has 0 saturated carbocycles. The van der Waals surface area contributed by atoms with Gasteiger partial charge in [0.15, 0.2) is 23.2 Å². The van der Waals surface area contributed by atoms with Gasteiger partial charge in [0, 0.05) is 48.7 Å². The molecule has 3 N–H and O–H groups in total. The second-order valence-corrected chi connectivity index (χ2v) is 8.27. The average molecular weight is 495 g/mol. The Balaban J connectivity index is 1.46. The van der Waals surface area contributed by atoms with Crippen molar-refractivity contribution in [2.75, 3.05) is 43.6 Å². The van der Waals surface area contributed by atoms with Crippen LogP contribution in [0.3, 0.4) is 0 Å². The number of hydrogen-bond acceptors (Lipinski definition) is 7. The van der Waals surface area contributed by atoms with Gasteiger partial charge in [-0.1, -0.05) is 0 Å². The number of amides is 1. The van der Waals surface area contributed by atoms with Crippen LogP contribution in [0.15, 0.2) is 42.7 Å². The standard InChI is InChI=1S/C25H24F2N6O3/c1-14-11-17-21(27)19(12-18(26)22(17)31-14)36-25-20(24(34)28-2)23(29-13-30-25)32-15-3-5-16(6-4-15)33-7-9-35-10-8-33/h3-6,11-13,31H,7-10H2,1-2H3,(H,28,34)(H,29,30,32). The van der Waals surface area contributed by atoms with Crippen molar-refractivity contribution in [1.82, 2.24) is 20.3 Å². The molecule has 5 rings (SSSR count). The maximum atomic E-state index is 15.1. The van der Waals surface area contributed by atoms with Gasteiger partial charge in [-0.15, -0.1) is 0 Å². The van der Waals surface area contributed by atoms with Gasteiger partial charge in [0.2, 0.25) is 5.88 Å². The summed E-state index contributed by atoms with van der Waals surface area (Å²) < 4.78 is 40.7. The fraction of sp³-hybridized carbons (Fsp3) is 0.240. The zero-order valence-electron chi connectivity index (χ0n) is 19.7. The number of carbonyl (C=O) groups is 1. The van der Waals surface area contributed by atoms with Crippen LogP contribution < -0.4 is 20.3 Å². The maximum Gasteiger partial charge on any atom is 0.260 e. The number of halogens is 2. The van der Waals surface area contributed by atoms with Crippen LogP contribution in [0.4, 0.5) is 26.0 Å². The summed E-state index contributed by atoms with van der Waals surface area (Å²) in [7, 11) is 1.44. The minimum atomic E-state index is -0.773. The molecule has 1 aliphatic rings. The highest BCUT2D eigenvalue weighted by Gasteiger charge is 2.23.